The van der Waals surface area contributed by atoms with E-state index in [1.807, 2.05) is 0 Å². The minimum Gasteiger partial charge on any atom is -0.480 e. The molecule has 1 unspecified atom stereocenters. The van der Waals surface area contributed by atoms with E-state index in [1.165, 1.54) is 25.1 Å². The summed E-state index contributed by atoms with van der Waals surface area (Å²) in [6, 6.07) is 3.94. The number of benzene rings is 1. The van der Waals surface area contributed by atoms with Crippen molar-refractivity contribution in [2.45, 2.75) is 32.2 Å². The van der Waals surface area contributed by atoms with Crippen LogP contribution in [0.3, 0.4) is 0 Å². The van der Waals surface area contributed by atoms with Gasteiger partial charge in [0.05, 0.1) is 0 Å². The molecule has 4 nitrogen and oxygen atoms in total. The number of carboxylic acid groups (broad SMARTS) is 1. The number of hydrogen-bond donors (Lipinski definition) is 2. The Balaban J connectivity index is 2.25. The number of amides is 1. The molecule has 1 atom stereocenters. The first-order valence-corrected chi connectivity index (χ1v) is 6.69. The average molecular weight is 300 g/mol. The highest BCUT2D eigenvalue weighted by Crippen LogP contribution is 2.29. The quantitative estimate of drug-likeness (QED) is 0.820. The zero-order chi connectivity index (χ0) is 14.9. The molecule has 0 radical (unpaired) electrons. The fraction of sp³-hybridized carbons (Fsp3) is 0.429. The van der Waals surface area contributed by atoms with E-state index in [9.17, 15) is 19.1 Å². The van der Waals surface area contributed by atoms with Crippen molar-refractivity contribution in [2.75, 3.05) is 0 Å². The van der Waals surface area contributed by atoms with Crippen LogP contribution in [-0.4, -0.2) is 23.0 Å². The first-order valence-electron chi connectivity index (χ1n) is 6.31. The first kappa shape index (κ1) is 14.8. The molecule has 20 heavy (non-hydrogen) atoms. The Kier molecular flexibility index (Phi) is 3.99. The second kappa shape index (κ2) is 5.40. The summed E-state index contributed by atoms with van der Waals surface area (Å²) in [7, 11) is 0. The van der Waals surface area contributed by atoms with Gasteiger partial charge in [0.15, 0.2) is 0 Å². The lowest BCUT2D eigenvalue weighted by Crippen LogP contribution is -2.46. The highest BCUT2D eigenvalue weighted by molar-refractivity contribution is 6.30. The van der Waals surface area contributed by atoms with Crippen LogP contribution < -0.4 is 5.32 Å². The summed E-state index contributed by atoms with van der Waals surface area (Å²) in [4.78, 5) is 23.6. The van der Waals surface area contributed by atoms with Gasteiger partial charge in [-0.05, 0) is 43.5 Å². The molecule has 1 aromatic rings. The summed E-state index contributed by atoms with van der Waals surface area (Å²) >= 11 is 5.78. The number of rotatable bonds is 5. The lowest BCUT2D eigenvalue weighted by molar-refractivity contribution is -0.154. The summed E-state index contributed by atoms with van der Waals surface area (Å²) in [5.41, 5.74) is -1.60. The Bertz CT molecular complexity index is 559. The third kappa shape index (κ3) is 3.10. The minimum atomic E-state index is -1.71. The summed E-state index contributed by atoms with van der Waals surface area (Å²) < 4.78 is 13.7. The molecule has 1 amide bonds. The highest BCUT2D eigenvalue weighted by Gasteiger charge is 2.43. The van der Waals surface area contributed by atoms with Crippen LogP contribution >= 0.6 is 11.6 Å². The maximum Gasteiger partial charge on any atom is 0.319 e. The van der Waals surface area contributed by atoms with Gasteiger partial charge in [-0.2, -0.15) is 0 Å². The molecule has 0 heterocycles. The molecule has 1 saturated carbocycles. The molecule has 0 spiro atoms. The number of carbonyl (C=O) groups excluding carboxylic acids is 1. The fourth-order valence-corrected chi connectivity index (χ4v) is 2.08. The third-order valence-corrected chi connectivity index (χ3v) is 3.67. The fourth-order valence-electron chi connectivity index (χ4n) is 1.89. The molecule has 1 aliphatic carbocycles. The van der Waals surface area contributed by atoms with E-state index in [0.717, 1.165) is 12.8 Å². The lowest BCUT2D eigenvalue weighted by atomic mass is 9.82. The predicted molar refractivity (Wildman–Crippen MR) is 72.0 cm³/mol. The Morgan fingerprint density at radius 1 is 1.50 bits per heavy atom. The molecule has 0 aliphatic heterocycles. The normalized spacial score (nSPS) is 17.4. The van der Waals surface area contributed by atoms with Crippen molar-refractivity contribution in [3.8, 4) is 0 Å². The van der Waals surface area contributed by atoms with Crippen molar-refractivity contribution in [3.05, 3.63) is 34.6 Å². The van der Waals surface area contributed by atoms with Gasteiger partial charge in [0, 0.05) is 17.5 Å². The molecule has 1 fully saturated rings. The van der Waals surface area contributed by atoms with E-state index < -0.39 is 23.1 Å². The van der Waals surface area contributed by atoms with Crippen LogP contribution in [0.15, 0.2) is 18.2 Å². The lowest BCUT2D eigenvalue weighted by Gasteiger charge is -2.24. The zero-order valence-electron chi connectivity index (χ0n) is 11.0. The summed E-state index contributed by atoms with van der Waals surface area (Å²) in [5.74, 6) is -2.44. The average Bonchev–Trinajstić information content (AvgIpc) is 3.17. The third-order valence-electron chi connectivity index (χ3n) is 3.44. The molecule has 0 saturated heterocycles. The Morgan fingerprint density at radius 2 is 2.15 bits per heavy atom. The van der Waals surface area contributed by atoms with E-state index in [-0.39, 0.29) is 18.0 Å². The molecule has 1 aliphatic rings. The van der Waals surface area contributed by atoms with E-state index in [1.54, 1.807) is 0 Å². The standard InChI is InChI=1S/C14H15ClFNO3/c1-14(13(19)20,12(18)17-10-3-4-10)7-8-6-9(15)2-5-11(8)16/h2,5-6,10H,3-4,7H2,1H3,(H,17,18)(H,19,20). The monoisotopic (exact) mass is 299 g/mol. The largest absolute Gasteiger partial charge is 0.480 e. The van der Waals surface area contributed by atoms with Crippen molar-refractivity contribution < 1.29 is 19.1 Å². The smallest absolute Gasteiger partial charge is 0.319 e. The summed E-state index contributed by atoms with van der Waals surface area (Å²) in [6.07, 6.45) is 1.47. The van der Waals surface area contributed by atoms with Crippen LogP contribution in [0.2, 0.25) is 5.02 Å². The van der Waals surface area contributed by atoms with Crippen molar-refractivity contribution in [3.63, 3.8) is 0 Å². The van der Waals surface area contributed by atoms with Crippen molar-refractivity contribution in [1.82, 2.24) is 5.32 Å². The maximum atomic E-state index is 13.7. The van der Waals surface area contributed by atoms with Gasteiger partial charge in [0.2, 0.25) is 5.91 Å². The predicted octanol–water partition coefficient (Wildman–Crippen LogP) is 2.39. The number of carboxylic acids is 1. The van der Waals surface area contributed by atoms with E-state index >= 15 is 0 Å². The van der Waals surface area contributed by atoms with Crippen LogP contribution in [0.1, 0.15) is 25.3 Å². The van der Waals surface area contributed by atoms with E-state index in [2.05, 4.69) is 5.32 Å². The van der Waals surface area contributed by atoms with Gasteiger partial charge in [0.1, 0.15) is 11.2 Å². The molecule has 0 bridgehead atoms. The van der Waals surface area contributed by atoms with Crippen LogP contribution in [0.25, 0.3) is 0 Å². The van der Waals surface area contributed by atoms with E-state index in [4.69, 9.17) is 11.6 Å². The number of carbonyl (C=O) groups is 2. The SMILES string of the molecule is CC(Cc1cc(Cl)ccc1F)(C(=O)O)C(=O)NC1CC1. The van der Waals surface area contributed by atoms with Crippen LogP contribution in [-0.2, 0) is 16.0 Å². The van der Waals surface area contributed by atoms with Crippen molar-refractivity contribution in [1.29, 1.82) is 0 Å². The Hall–Kier alpha value is -1.62. The molecule has 2 rings (SSSR count). The number of nitrogens with one attached hydrogen (secondary N) is 1. The molecule has 1 aromatic carbocycles. The second-order valence-electron chi connectivity index (χ2n) is 5.30. The van der Waals surface area contributed by atoms with Gasteiger partial charge in [-0.1, -0.05) is 11.6 Å². The molecule has 108 valence electrons. The maximum absolute atomic E-state index is 13.7. The first-order chi connectivity index (χ1) is 9.33. The van der Waals surface area contributed by atoms with Gasteiger partial charge in [-0.15, -0.1) is 0 Å². The van der Waals surface area contributed by atoms with Gasteiger partial charge in [-0.25, -0.2) is 4.39 Å². The second-order valence-corrected chi connectivity index (χ2v) is 5.73. The molecular weight excluding hydrogens is 285 g/mol. The molecule has 6 heteroatoms. The summed E-state index contributed by atoms with van der Waals surface area (Å²) in [6.45, 7) is 1.30. The van der Waals surface area contributed by atoms with Gasteiger partial charge < -0.3 is 10.4 Å². The van der Waals surface area contributed by atoms with Gasteiger partial charge >= 0.3 is 5.97 Å². The van der Waals surface area contributed by atoms with Crippen molar-refractivity contribution >= 4 is 23.5 Å². The van der Waals surface area contributed by atoms with Crippen LogP contribution in [0.4, 0.5) is 4.39 Å². The Morgan fingerprint density at radius 3 is 2.70 bits per heavy atom. The molecule has 0 aromatic heterocycles. The topological polar surface area (TPSA) is 66.4 Å². The zero-order valence-corrected chi connectivity index (χ0v) is 11.7. The van der Waals surface area contributed by atoms with Crippen molar-refractivity contribution in [2.24, 2.45) is 5.41 Å². The molecule has 2 N–H and O–H groups in total. The number of aliphatic carboxylic acids is 1. The Labute approximate surface area is 120 Å². The van der Waals surface area contributed by atoms with Crippen LogP contribution in [0.5, 0.6) is 0 Å². The number of hydrogen-bond acceptors (Lipinski definition) is 2. The number of halogens is 2. The highest BCUT2D eigenvalue weighted by atomic mass is 35.5. The van der Waals surface area contributed by atoms with E-state index in [0.29, 0.717) is 5.02 Å². The van der Waals surface area contributed by atoms with Crippen LogP contribution in [0, 0.1) is 11.2 Å². The minimum absolute atomic E-state index is 0.0467. The molecular formula is C14H15ClFNO3. The van der Waals surface area contributed by atoms with Gasteiger partial charge in [0.25, 0.3) is 0 Å². The summed E-state index contributed by atoms with van der Waals surface area (Å²) in [5, 5.41) is 12.3. The van der Waals surface area contributed by atoms with Gasteiger partial charge in [-0.3, -0.25) is 9.59 Å².